The first-order valence-corrected chi connectivity index (χ1v) is 11.6. The van der Waals surface area contributed by atoms with Crippen molar-refractivity contribution in [2.45, 2.75) is 33.1 Å². The first-order valence-electron chi connectivity index (χ1n) is 11.6. The molecule has 0 aliphatic carbocycles. The van der Waals surface area contributed by atoms with E-state index >= 15 is 0 Å². The van der Waals surface area contributed by atoms with Crippen molar-refractivity contribution in [3.05, 3.63) is 89.7 Å². The summed E-state index contributed by atoms with van der Waals surface area (Å²) in [6.07, 6.45) is 5.36. The molecule has 4 rings (SSSR count). The Labute approximate surface area is 195 Å². The lowest BCUT2D eigenvalue weighted by molar-refractivity contribution is -0.130. The number of hydrogen-bond donors (Lipinski definition) is 1. The normalized spacial score (nSPS) is 17.7. The number of carbonyl (C=O) groups excluding carboxylic acids is 2. The van der Waals surface area contributed by atoms with Crippen LogP contribution >= 0.6 is 0 Å². The standard InChI is InChI=1S/C28H31N3O2/c1-3-14-30-27(33)28(13-17-31(20-28)26(32)22-11-15-29-16-12-22)19-24-8-4-5-10-25(24)23-9-6-7-21(2)18-23/h4-12,15-16,18H,3,13-14,17,19-20H2,1-2H3,(H,30,33)/t28-/m1/s1. The molecule has 0 unspecified atom stereocenters. The highest BCUT2D eigenvalue weighted by molar-refractivity contribution is 5.95. The summed E-state index contributed by atoms with van der Waals surface area (Å²) >= 11 is 0. The van der Waals surface area contributed by atoms with E-state index < -0.39 is 5.41 Å². The van der Waals surface area contributed by atoms with E-state index in [0.29, 0.717) is 38.0 Å². The first kappa shape index (κ1) is 22.7. The minimum absolute atomic E-state index is 0.0356. The maximum Gasteiger partial charge on any atom is 0.253 e. The molecule has 1 fully saturated rings. The highest BCUT2D eigenvalue weighted by Crippen LogP contribution is 2.38. The largest absolute Gasteiger partial charge is 0.356 e. The number of likely N-dealkylation sites (tertiary alicyclic amines) is 1. The van der Waals surface area contributed by atoms with Crippen molar-refractivity contribution in [3.8, 4) is 11.1 Å². The third kappa shape index (κ3) is 4.98. The maximum atomic E-state index is 13.5. The number of aromatic nitrogens is 1. The molecule has 5 nitrogen and oxygen atoms in total. The fraction of sp³-hybridized carbons (Fsp3) is 0.321. The molecule has 0 radical (unpaired) electrons. The summed E-state index contributed by atoms with van der Waals surface area (Å²) in [5.74, 6) is -0.0111. The van der Waals surface area contributed by atoms with Crippen molar-refractivity contribution in [3.63, 3.8) is 0 Å². The molecule has 2 heterocycles. The number of rotatable bonds is 7. The molecule has 2 aromatic carbocycles. The van der Waals surface area contributed by atoms with Crippen LogP contribution in [-0.4, -0.2) is 41.3 Å². The molecule has 1 aromatic heterocycles. The Balaban J connectivity index is 1.66. The van der Waals surface area contributed by atoms with Crippen molar-refractivity contribution < 1.29 is 9.59 Å². The molecule has 0 saturated carbocycles. The Bertz CT molecular complexity index is 1130. The summed E-state index contributed by atoms with van der Waals surface area (Å²) in [6.45, 7) is 5.75. The van der Waals surface area contributed by atoms with Gasteiger partial charge in [0.2, 0.25) is 5.91 Å². The van der Waals surface area contributed by atoms with Gasteiger partial charge >= 0.3 is 0 Å². The zero-order valence-corrected chi connectivity index (χ0v) is 19.4. The lowest BCUT2D eigenvalue weighted by atomic mass is 9.78. The van der Waals surface area contributed by atoms with Gasteiger partial charge in [-0.2, -0.15) is 0 Å². The van der Waals surface area contributed by atoms with Crippen molar-refractivity contribution in [1.29, 1.82) is 0 Å². The number of carbonyl (C=O) groups is 2. The second kappa shape index (κ2) is 9.99. The van der Waals surface area contributed by atoms with Gasteiger partial charge in [-0.05, 0) is 55.0 Å². The van der Waals surface area contributed by atoms with Crippen molar-refractivity contribution in [2.75, 3.05) is 19.6 Å². The van der Waals surface area contributed by atoms with Gasteiger partial charge in [0.15, 0.2) is 0 Å². The molecule has 1 N–H and O–H groups in total. The summed E-state index contributed by atoms with van der Waals surface area (Å²) in [5.41, 5.74) is 4.58. The van der Waals surface area contributed by atoms with Crippen LogP contribution in [0.25, 0.3) is 11.1 Å². The smallest absolute Gasteiger partial charge is 0.253 e. The minimum atomic E-state index is -0.655. The molecule has 2 amide bonds. The van der Waals surface area contributed by atoms with E-state index in [1.165, 1.54) is 5.56 Å². The maximum absolute atomic E-state index is 13.5. The number of nitrogens with one attached hydrogen (secondary N) is 1. The molecule has 3 aromatic rings. The van der Waals surface area contributed by atoms with E-state index in [2.05, 4.69) is 53.6 Å². The van der Waals surface area contributed by atoms with Gasteiger partial charge in [-0.1, -0.05) is 61.0 Å². The van der Waals surface area contributed by atoms with E-state index in [1.54, 1.807) is 24.5 Å². The monoisotopic (exact) mass is 441 g/mol. The summed E-state index contributed by atoms with van der Waals surface area (Å²) in [7, 11) is 0. The molecule has 1 atom stereocenters. The number of hydrogen-bond acceptors (Lipinski definition) is 3. The van der Waals surface area contributed by atoms with Crippen LogP contribution in [0.15, 0.2) is 73.1 Å². The average molecular weight is 442 g/mol. The Morgan fingerprint density at radius 3 is 2.61 bits per heavy atom. The van der Waals surface area contributed by atoms with E-state index in [0.717, 1.165) is 23.1 Å². The third-order valence-corrected chi connectivity index (χ3v) is 6.46. The second-order valence-corrected chi connectivity index (χ2v) is 8.95. The molecule has 170 valence electrons. The third-order valence-electron chi connectivity index (χ3n) is 6.46. The Morgan fingerprint density at radius 1 is 1.06 bits per heavy atom. The van der Waals surface area contributed by atoms with Crippen molar-refractivity contribution in [2.24, 2.45) is 5.41 Å². The zero-order valence-electron chi connectivity index (χ0n) is 19.4. The summed E-state index contributed by atoms with van der Waals surface area (Å²) < 4.78 is 0. The Kier molecular flexibility index (Phi) is 6.87. The molecule has 0 spiro atoms. The van der Waals surface area contributed by atoms with Crippen LogP contribution in [0.1, 0.15) is 41.3 Å². The van der Waals surface area contributed by atoms with Gasteiger partial charge in [0.05, 0.1) is 5.41 Å². The van der Waals surface area contributed by atoms with Crippen LogP contribution in [0.2, 0.25) is 0 Å². The average Bonchev–Trinajstić information content (AvgIpc) is 3.28. The topological polar surface area (TPSA) is 62.3 Å². The minimum Gasteiger partial charge on any atom is -0.356 e. The van der Waals surface area contributed by atoms with Gasteiger partial charge in [-0.15, -0.1) is 0 Å². The predicted octanol–water partition coefficient (Wildman–Crippen LogP) is 4.66. The summed E-state index contributed by atoms with van der Waals surface area (Å²) in [4.78, 5) is 32.4. The van der Waals surface area contributed by atoms with Crippen molar-refractivity contribution >= 4 is 11.8 Å². The first-order chi connectivity index (χ1) is 16.0. The molecule has 33 heavy (non-hydrogen) atoms. The van der Waals surface area contributed by atoms with E-state index in [1.807, 2.05) is 24.0 Å². The molecule has 1 aliphatic heterocycles. The Hall–Kier alpha value is -3.47. The van der Waals surface area contributed by atoms with E-state index in [9.17, 15) is 9.59 Å². The van der Waals surface area contributed by atoms with Crippen LogP contribution in [0.3, 0.4) is 0 Å². The second-order valence-electron chi connectivity index (χ2n) is 8.95. The molecular formula is C28H31N3O2. The summed E-state index contributed by atoms with van der Waals surface area (Å²) in [6, 6.07) is 20.2. The van der Waals surface area contributed by atoms with Crippen LogP contribution < -0.4 is 5.32 Å². The number of benzene rings is 2. The van der Waals surface area contributed by atoms with Gasteiger partial charge in [-0.3, -0.25) is 14.6 Å². The highest BCUT2D eigenvalue weighted by atomic mass is 16.2. The number of amides is 2. The Morgan fingerprint density at radius 2 is 1.85 bits per heavy atom. The van der Waals surface area contributed by atoms with E-state index in [-0.39, 0.29) is 11.8 Å². The lowest BCUT2D eigenvalue weighted by Gasteiger charge is -2.29. The van der Waals surface area contributed by atoms with E-state index in [4.69, 9.17) is 0 Å². The van der Waals surface area contributed by atoms with Gasteiger partial charge < -0.3 is 10.2 Å². The van der Waals surface area contributed by atoms with Crippen LogP contribution in [0.4, 0.5) is 0 Å². The van der Waals surface area contributed by atoms with Gasteiger partial charge in [0.1, 0.15) is 0 Å². The van der Waals surface area contributed by atoms with Gasteiger partial charge in [0.25, 0.3) is 5.91 Å². The molecule has 1 aliphatic rings. The van der Waals surface area contributed by atoms with Crippen molar-refractivity contribution in [1.82, 2.24) is 15.2 Å². The fourth-order valence-corrected chi connectivity index (χ4v) is 4.69. The summed E-state index contributed by atoms with van der Waals surface area (Å²) in [5, 5.41) is 3.12. The van der Waals surface area contributed by atoms with Gasteiger partial charge in [0, 0.05) is 37.6 Å². The predicted molar refractivity (Wildman–Crippen MR) is 131 cm³/mol. The molecule has 0 bridgehead atoms. The fourth-order valence-electron chi connectivity index (χ4n) is 4.69. The number of aryl methyl sites for hydroxylation is 1. The lowest BCUT2D eigenvalue weighted by Crippen LogP contribution is -2.45. The van der Waals surface area contributed by atoms with Gasteiger partial charge in [-0.25, -0.2) is 0 Å². The quantitative estimate of drug-likeness (QED) is 0.580. The number of pyridine rings is 1. The highest BCUT2D eigenvalue weighted by Gasteiger charge is 2.46. The SMILES string of the molecule is CCCNC(=O)[C@@]1(Cc2ccccc2-c2cccc(C)c2)CCN(C(=O)c2ccncc2)C1. The molecule has 1 saturated heterocycles. The molecule has 5 heteroatoms. The van der Waals surface area contributed by atoms with Crippen LogP contribution in [-0.2, 0) is 11.2 Å². The molecular weight excluding hydrogens is 410 g/mol. The van der Waals surface area contributed by atoms with Crippen LogP contribution in [0.5, 0.6) is 0 Å². The van der Waals surface area contributed by atoms with Crippen LogP contribution in [0, 0.1) is 12.3 Å². The zero-order chi connectivity index (χ0) is 23.3. The number of nitrogens with zero attached hydrogens (tertiary/aromatic N) is 2.